The summed E-state index contributed by atoms with van der Waals surface area (Å²) in [5, 5.41) is 7.16. The van der Waals surface area contributed by atoms with Gasteiger partial charge in [-0.25, -0.2) is 0 Å². The molecule has 11 aromatic rings. The van der Waals surface area contributed by atoms with Gasteiger partial charge in [-0.05, 0) is 94.2 Å². The minimum absolute atomic E-state index is 0.874. The van der Waals surface area contributed by atoms with E-state index in [-0.39, 0.29) is 0 Å². The number of hydrogen-bond donors (Lipinski definition) is 0. The molecule has 11 rings (SSSR count). The molecule has 0 radical (unpaired) electrons. The molecule has 0 unspecified atom stereocenters. The number of rotatable bonds is 6. The average molecular weight is 703 g/mol. The molecule has 9 aromatic carbocycles. The van der Waals surface area contributed by atoms with Crippen molar-refractivity contribution >= 4 is 71.6 Å². The van der Waals surface area contributed by atoms with Crippen LogP contribution in [0.5, 0.6) is 0 Å². The molecule has 3 nitrogen and oxygen atoms in total. The van der Waals surface area contributed by atoms with Gasteiger partial charge < -0.3 is 13.9 Å². The highest BCUT2D eigenvalue weighted by Crippen LogP contribution is 2.45. The molecule has 0 fully saturated rings. The number of hydrogen-bond acceptors (Lipinski definition) is 2. The van der Waals surface area contributed by atoms with Crippen molar-refractivity contribution in [3.63, 3.8) is 0 Å². The Labute approximate surface area is 318 Å². The Morgan fingerprint density at radius 2 is 0.982 bits per heavy atom. The molecule has 258 valence electrons. The van der Waals surface area contributed by atoms with Crippen molar-refractivity contribution < 1.29 is 4.42 Å². The summed E-state index contributed by atoms with van der Waals surface area (Å²) in [5.74, 6) is 0. The SMILES string of the molecule is c1ccc(-c2ccc(-c3cccc4ccccc34)cc2N(c2ccc(-n3c4ccccc4c4ccccc43)cc2)c2ccc3oc4ccccc4c3c2)cc1. The minimum Gasteiger partial charge on any atom is -0.456 e. The van der Waals surface area contributed by atoms with Gasteiger partial charge >= 0.3 is 0 Å². The Balaban J connectivity index is 1.16. The lowest BCUT2D eigenvalue weighted by atomic mass is 9.94. The monoisotopic (exact) mass is 702 g/mol. The number of fused-ring (bicyclic) bond motifs is 7. The van der Waals surface area contributed by atoms with Gasteiger partial charge in [0.1, 0.15) is 11.2 Å². The molecular weight excluding hydrogens is 669 g/mol. The molecular formula is C52H34N2O. The van der Waals surface area contributed by atoms with Gasteiger partial charge in [0.05, 0.1) is 16.7 Å². The molecule has 0 amide bonds. The third kappa shape index (κ3) is 5.13. The first-order chi connectivity index (χ1) is 27.3. The summed E-state index contributed by atoms with van der Waals surface area (Å²) in [5.41, 5.74) is 13.1. The number of furan rings is 1. The summed E-state index contributed by atoms with van der Waals surface area (Å²) in [6.07, 6.45) is 0. The molecule has 0 aliphatic carbocycles. The Kier molecular flexibility index (Phi) is 7.17. The van der Waals surface area contributed by atoms with E-state index in [0.29, 0.717) is 0 Å². The quantitative estimate of drug-likeness (QED) is 0.172. The zero-order chi connectivity index (χ0) is 36.3. The largest absolute Gasteiger partial charge is 0.456 e. The lowest BCUT2D eigenvalue weighted by Gasteiger charge is -2.29. The van der Waals surface area contributed by atoms with Crippen LogP contribution in [0.15, 0.2) is 211 Å². The van der Waals surface area contributed by atoms with Crippen molar-refractivity contribution in [2.45, 2.75) is 0 Å². The molecule has 0 saturated heterocycles. The van der Waals surface area contributed by atoms with Gasteiger partial charge in [0, 0.05) is 44.2 Å². The summed E-state index contributed by atoms with van der Waals surface area (Å²) in [6.45, 7) is 0. The fourth-order valence-corrected chi connectivity index (χ4v) is 8.46. The van der Waals surface area contributed by atoms with Crippen molar-refractivity contribution in [1.82, 2.24) is 4.57 Å². The van der Waals surface area contributed by atoms with E-state index in [2.05, 4.69) is 204 Å². The highest BCUT2D eigenvalue weighted by molar-refractivity contribution is 6.10. The van der Waals surface area contributed by atoms with E-state index < -0.39 is 0 Å². The van der Waals surface area contributed by atoms with E-state index in [0.717, 1.165) is 61.4 Å². The van der Waals surface area contributed by atoms with Crippen LogP contribution in [0.2, 0.25) is 0 Å². The molecule has 55 heavy (non-hydrogen) atoms. The molecule has 3 heteroatoms. The van der Waals surface area contributed by atoms with Crippen LogP contribution in [0, 0.1) is 0 Å². The number of nitrogens with zero attached hydrogens (tertiary/aromatic N) is 2. The zero-order valence-corrected chi connectivity index (χ0v) is 29.9. The number of anilines is 3. The van der Waals surface area contributed by atoms with E-state index in [9.17, 15) is 0 Å². The van der Waals surface area contributed by atoms with Crippen molar-refractivity contribution in [3.05, 3.63) is 206 Å². The predicted octanol–water partition coefficient (Wildman–Crippen LogP) is 14.6. The van der Waals surface area contributed by atoms with Crippen LogP contribution < -0.4 is 4.90 Å². The van der Waals surface area contributed by atoms with Crippen LogP contribution in [0.1, 0.15) is 0 Å². The topological polar surface area (TPSA) is 21.3 Å². The highest BCUT2D eigenvalue weighted by atomic mass is 16.3. The molecule has 0 bridgehead atoms. The van der Waals surface area contributed by atoms with Crippen molar-refractivity contribution in [2.75, 3.05) is 4.90 Å². The van der Waals surface area contributed by atoms with Gasteiger partial charge in [-0.1, -0.05) is 140 Å². The second-order valence-corrected chi connectivity index (χ2v) is 14.1. The summed E-state index contributed by atoms with van der Waals surface area (Å²) in [4.78, 5) is 2.41. The van der Waals surface area contributed by atoms with Crippen molar-refractivity contribution in [2.24, 2.45) is 0 Å². The molecule has 2 heterocycles. The number of aromatic nitrogens is 1. The zero-order valence-electron chi connectivity index (χ0n) is 29.9. The standard InChI is InChI=1S/C52H34N2O/c1-2-13-36(14-3-1)43-31-25-37(42-21-12-16-35-15-4-5-17-41(35)42)33-50(43)53(40-30-32-52-47(34-40)46-20-8-11-24-51(46)55-52)38-26-28-39(29-27-38)54-48-22-9-6-18-44(48)45-19-7-10-23-49(45)54/h1-34H. The summed E-state index contributed by atoms with van der Waals surface area (Å²) >= 11 is 0. The van der Waals surface area contributed by atoms with Gasteiger partial charge in [-0.2, -0.15) is 0 Å². The van der Waals surface area contributed by atoms with Gasteiger partial charge in [-0.15, -0.1) is 0 Å². The highest BCUT2D eigenvalue weighted by Gasteiger charge is 2.21. The maximum Gasteiger partial charge on any atom is 0.135 e. The Hall–Kier alpha value is -7.36. The van der Waals surface area contributed by atoms with Gasteiger partial charge in [-0.3, -0.25) is 0 Å². The Bertz CT molecular complexity index is 3150. The van der Waals surface area contributed by atoms with E-state index in [1.165, 1.54) is 38.1 Å². The van der Waals surface area contributed by atoms with Crippen LogP contribution in [0.3, 0.4) is 0 Å². The Morgan fingerprint density at radius 3 is 1.76 bits per heavy atom. The average Bonchev–Trinajstić information content (AvgIpc) is 3.80. The summed E-state index contributed by atoms with van der Waals surface area (Å²) in [7, 11) is 0. The number of benzene rings is 9. The van der Waals surface area contributed by atoms with Crippen LogP contribution in [-0.4, -0.2) is 4.57 Å². The van der Waals surface area contributed by atoms with Crippen LogP contribution >= 0.6 is 0 Å². The van der Waals surface area contributed by atoms with E-state index in [4.69, 9.17) is 4.42 Å². The first kappa shape index (κ1) is 31.2. The van der Waals surface area contributed by atoms with Crippen LogP contribution in [0.4, 0.5) is 17.1 Å². The van der Waals surface area contributed by atoms with E-state index >= 15 is 0 Å². The first-order valence-corrected chi connectivity index (χ1v) is 18.8. The van der Waals surface area contributed by atoms with Gasteiger partial charge in [0.15, 0.2) is 0 Å². The van der Waals surface area contributed by atoms with E-state index in [1.54, 1.807) is 0 Å². The molecule has 0 N–H and O–H groups in total. The third-order valence-corrected chi connectivity index (χ3v) is 11.0. The molecule has 2 aromatic heterocycles. The fraction of sp³-hybridized carbons (Fsp3) is 0. The van der Waals surface area contributed by atoms with Crippen molar-refractivity contribution in [3.8, 4) is 27.9 Å². The lowest BCUT2D eigenvalue weighted by Crippen LogP contribution is -2.11. The van der Waals surface area contributed by atoms with Crippen molar-refractivity contribution in [1.29, 1.82) is 0 Å². The van der Waals surface area contributed by atoms with Gasteiger partial charge in [0.2, 0.25) is 0 Å². The van der Waals surface area contributed by atoms with Crippen LogP contribution in [0.25, 0.3) is 82.5 Å². The second kappa shape index (κ2) is 12.6. The Morgan fingerprint density at radius 1 is 0.364 bits per heavy atom. The maximum absolute atomic E-state index is 6.32. The first-order valence-electron chi connectivity index (χ1n) is 18.8. The minimum atomic E-state index is 0.874. The number of para-hydroxylation sites is 3. The predicted molar refractivity (Wildman–Crippen MR) is 231 cm³/mol. The smallest absolute Gasteiger partial charge is 0.135 e. The van der Waals surface area contributed by atoms with E-state index in [1.807, 2.05) is 12.1 Å². The lowest BCUT2D eigenvalue weighted by molar-refractivity contribution is 0.669. The molecule has 0 atom stereocenters. The third-order valence-electron chi connectivity index (χ3n) is 11.0. The van der Waals surface area contributed by atoms with Crippen LogP contribution in [-0.2, 0) is 0 Å². The normalized spacial score (nSPS) is 11.6. The summed E-state index contributed by atoms with van der Waals surface area (Å²) < 4.78 is 8.69. The molecule has 0 spiro atoms. The fourth-order valence-electron chi connectivity index (χ4n) is 8.46. The molecule has 0 aliphatic heterocycles. The molecule has 0 aliphatic rings. The maximum atomic E-state index is 6.32. The summed E-state index contributed by atoms with van der Waals surface area (Å²) in [6, 6.07) is 74.1. The van der Waals surface area contributed by atoms with Gasteiger partial charge in [0.25, 0.3) is 0 Å². The second-order valence-electron chi connectivity index (χ2n) is 14.1. The molecule has 0 saturated carbocycles.